The van der Waals surface area contributed by atoms with Crippen molar-refractivity contribution in [2.45, 2.75) is 45.8 Å². The Balaban J connectivity index is 1.49. The van der Waals surface area contributed by atoms with Gasteiger partial charge < -0.3 is 14.2 Å². The second-order valence-corrected chi connectivity index (χ2v) is 8.19. The monoisotopic (exact) mass is 397 g/mol. The first kappa shape index (κ1) is 20.1. The van der Waals surface area contributed by atoms with Crippen molar-refractivity contribution in [3.63, 3.8) is 0 Å². The summed E-state index contributed by atoms with van der Waals surface area (Å²) in [4.78, 5) is 11.8. The predicted molar refractivity (Wildman–Crippen MR) is 112 cm³/mol. The minimum atomic E-state index is 0.215. The molecule has 0 bridgehead atoms. The average Bonchev–Trinajstić information content (AvgIpc) is 2.72. The van der Waals surface area contributed by atoms with E-state index in [2.05, 4.69) is 48.9 Å². The van der Waals surface area contributed by atoms with Gasteiger partial charge in [0.2, 0.25) is 0 Å². The molecule has 0 radical (unpaired) electrons. The second-order valence-electron chi connectivity index (χ2n) is 8.19. The average molecular weight is 398 g/mol. The van der Waals surface area contributed by atoms with Gasteiger partial charge in [0.15, 0.2) is 5.75 Å². The van der Waals surface area contributed by atoms with E-state index in [0.29, 0.717) is 25.0 Å². The number of pyridine rings is 2. The van der Waals surface area contributed by atoms with E-state index in [-0.39, 0.29) is 12.1 Å². The van der Waals surface area contributed by atoms with Gasteiger partial charge in [-0.05, 0) is 63.4 Å². The summed E-state index contributed by atoms with van der Waals surface area (Å²) in [6, 6.07) is 8.65. The van der Waals surface area contributed by atoms with Crippen molar-refractivity contribution >= 4 is 0 Å². The predicted octanol–water partition coefficient (Wildman–Crippen LogP) is 3.51. The molecule has 2 aromatic rings. The van der Waals surface area contributed by atoms with Crippen LogP contribution in [0.4, 0.5) is 0 Å². The fraction of sp³-hybridized carbons (Fsp3) is 0.565. The van der Waals surface area contributed by atoms with Crippen molar-refractivity contribution in [2.24, 2.45) is 5.92 Å². The van der Waals surface area contributed by atoms with Crippen molar-refractivity contribution in [3.8, 4) is 11.6 Å². The molecule has 0 N–H and O–H groups in total. The molecule has 1 fully saturated rings. The van der Waals surface area contributed by atoms with E-state index >= 15 is 0 Å². The standard InChI is InChI=1S/C23H31N3O3/c1-15-11-18(12-16(2)24-15)13-19-14-26(8-7-21(19)27-4)17(3)20-5-6-22-23(25-20)29-10-9-28-22/h5-6,11-12,17,19,21H,7-10,13-14H2,1-4H3. The van der Waals surface area contributed by atoms with Crippen LogP contribution in [0.25, 0.3) is 0 Å². The smallest absolute Gasteiger partial charge is 0.257 e. The Labute approximate surface area is 173 Å². The van der Waals surface area contributed by atoms with Gasteiger partial charge in [-0.2, -0.15) is 0 Å². The molecular formula is C23H31N3O3. The lowest BCUT2D eigenvalue weighted by Gasteiger charge is -2.41. The normalized spacial score (nSPS) is 23.0. The Kier molecular flexibility index (Phi) is 6.01. The fourth-order valence-electron chi connectivity index (χ4n) is 4.60. The topological polar surface area (TPSA) is 56.7 Å². The van der Waals surface area contributed by atoms with Crippen LogP contribution in [0.2, 0.25) is 0 Å². The van der Waals surface area contributed by atoms with Gasteiger partial charge in [0, 0.05) is 43.5 Å². The SMILES string of the molecule is COC1CCN(C(C)c2ccc3c(n2)OCCO3)CC1Cc1cc(C)nc(C)c1. The van der Waals surface area contributed by atoms with Gasteiger partial charge in [-0.1, -0.05) is 0 Å². The summed E-state index contributed by atoms with van der Waals surface area (Å²) in [6.45, 7) is 9.48. The van der Waals surface area contributed by atoms with Crippen LogP contribution in [0.5, 0.6) is 11.6 Å². The van der Waals surface area contributed by atoms with E-state index in [1.165, 1.54) is 5.56 Å². The van der Waals surface area contributed by atoms with Crippen LogP contribution in [0.1, 0.15) is 42.0 Å². The molecular weight excluding hydrogens is 366 g/mol. The number of ether oxygens (including phenoxy) is 3. The molecule has 4 heterocycles. The summed E-state index contributed by atoms with van der Waals surface area (Å²) in [5.74, 6) is 1.80. The highest BCUT2D eigenvalue weighted by atomic mass is 16.6. The number of hydrogen-bond acceptors (Lipinski definition) is 6. The molecule has 156 valence electrons. The minimum Gasteiger partial charge on any atom is -0.484 e. The molecule has 6 nitrogen and oxygen atoms in total. The summed E-state index contributed by atoms with van der Waals surface area (Å²) in [7, 11) is 1.84. The first-order valence-electron chi connectivity index (χ1n) is 10.5. The Morgan fingerprint density at radius 2 is 1.90 bits per heavy atom. The van der Waals surface area contributed by atoms with E-state index in [0.717, 1.165) is 48.8 Å². The van der Waals surface area contributed by atoms with E-state index < -0.39 is 0 Å². The summed E-state index contributed by atoms with van der Waals surface area (Å²) in [5, 5.41) is 0. The Bertz CT molecular complexity index is 837. The molecule has 0 aromatic carbocycles. The van der Waals surface area contributed by atoms with Crippen LogP contribution in [0.3, 0.4) is 0 Å². The summed E-state index contributed by atoms with van der Waals surface area (Å²) in [6.07, 6.45) is 2.31. The molecule has 0 amide bonds. The van der Waals surface area contributed by atoms with Crippen LogP contribution in [0.15, 0.2) is 24.3 Å². The van der Waals surface area contributed by atoms with E-state index in [4.69, 9.17) is 19.2 Å². The van der Waals surface area contributed by atoms with Crippen molar-refractivity contribution in [2.75, 3.05) is 33.4 Å². The van der Waals surface area contributed by atoms with Gasteiger partial charge in [0.25, 0.3) is 5.88 Å². The van der Waals surface area contributed by atoms with Crippen LogP contribution in [-0.4, -0.2) is 54.4 Å². The maximum Gasteiger partial charge on any atom is 0.257 e. The van der Waals surface area contributed by atoms with Crippen LogP contribution < -0.4 is 9.47 Å². The molecule has 4 rings (SSSR count). The molecule has 3 atom stereocenters. The summed E-state index contributed by atoms with van der Waals surface area (Å²) >= 11 is 0. The quantitative estimate of drug-likeness (QED) is 0.770. The molecule has 0 aliphatic carbocycles. The molecule has 1 saturated heterocycles. The third kappa shape index (κ3) is 4.54. The number of fused-ring (bicyclic) bond motifs is 1. The first-order valence-corrected chi connectivity index (χ1v) is 10.5. The largest absolute Gasteiger partial charge is 0.484 e. The zero-order valence-electron chi connectivity index (χ0n) is 17.9. The number of rotatable bonds is 5. The molecule has 0 spiro atoms. The van der Waals surface area contributed by atoms with Gasteiger partial charge in [-0.25, -0.2) is 4.98 Å². The highest BCUT2D eigenvalue weighted by Crippen LogP contribution is 2.33. The summed E-state index contributed by atoms with van der Waals surface area (Å²) in [5.41, 5.74) is 4.53. The third-order valence-electron chi connectivity index (χ3n) is 6.04. The van der Waals surface area contributed by atoms with Crippen LogP contribution in [-0.2, 0) is 11.2 Å². The van der Waals surface area contributed by atoms with Crippen LogP contribution in [0, 0.1) is 19.8 Å². The first-order chi connectivity index (χ1) is 14.0. The highest BCUT2D eigenvalue weighted by Gasteiger charge is 2.32. The van der Waals surface area contributed by atoms with Gasteiger partial charge in [0.05, 0.1) is 11.8 Å². The van der Waals surface area contributed by atoms with Gasteiger partial charge in [-0.15, -0.1) is 0 Å². The third-order valence-corrected chi connectivity index (χ3v) is 6.04. The zero-order chi connectivity index (χ0) is 20.4. The number of nitrogens with zero attached hydrogens (tertiary/aromatic N) is 3. The molecule has 2 aliphatic rings. The van der Waals surface area contributed by atoms with Gasteiger partial charge in [-0.3, -0.25) is 9.88 Å². The minimum absolute atomic E-state index is 0.215. The summed E-state index contributed by atoms with van der Waals surface area (Å²) < 4.78 is 17.1. The molecule has 6 heteroatoms. The molecule has 2 aromatic heterocycles. The Hall–Kier alpha value is -2.18. The van der Waals surface area contributed by atoms with E-state index in [1.54, 1.807) is 0 Å². The lowest BCUT2D eigenvalue weighted by Crippen LogP contribution is -2.45. The zero-order valence-corrected chi connectivity index (χ0v) is 17.9. The maximum absolute atomic E-state index is 5.85. The van der Waals surface area contributed by atoms with Gasteiger partial charge in [0.1, 0.15) is 13.2 Å². The second kappa shape index (κ2) is 8.67. The molecule has 29 heavy (non-hydrogen) atoms. The maximum atomic E-state index is 5.85. The number of likely N-dealkylation sites (tertiary alicyclic amines) is 1. The lowest BCUT2D eigenvalue weighted by molar-refractivity contribution is -0.0173. The van der Waals surface area contributed by atoms with E-state index in [9.17, 15) is 0 Å². The number of methoxy groups -OCH3 is 1. The van der Waals surface area contributed by atoms with Crippen molar-refractivity contribution in [3.05, 3.63) is 46.9 Å². The van der Waals surface area contributed by atoms with Crippen LogP contribution >= 0.6 is 0 Å². The van der Waals surface area contributed by atoms with Gasteiger partial charge >= 0.3 is 0 Å². The number of piperidine rings is 1. The Morgan fingerprint density at radius 3 is 2.66 bits per heavy atom. The van der Waals surface area contributed by atoms with Crippen molar-refractivity contribution in [1.29, 1.82) is 0 Å². The van der Waals surface area contributed by atoms with E-state index in [1.807, 2.05) is 13.2 Å². The fourth-order valence-corrected chi connectivity index (χ4v) is 4.60. The Morgan fingerprint density at radius 1 is 1.14 bits per heavy atom. The van der Waals surface area contributed by atoms with Crippen molar-refractivity contribution < 1.29 is 14.2 Å². The number of aromatic nitrogens is 2. The number of hydrogen-bond donors (Lipinski definition) is 0. The number of aryl methyl sites for hydroxylation is 2. The highest BCUT2D eigenvalue weighted by molar-refractivity contribution is 5.36. The molecule has 0 saturated carbocycles. The molecule has 2 aliphatic heterocycles. The lowest BCUT2D eigenvalue weighted by atomic mass is 9.87. The van der Waals surface area contributed by atoms with Crippen molar-refractivity contribution in [1.82, 2.24) is 14.9 Å². The molecule has 3 unspecified atom stereocenters.